The Morgan fingerprint density at radius 3 is 2.40 bits per heavy atom. The van der Waals surface area contributed by atoms with Crippen molar-refractivity contribution >= 4 is 27.1 Å². The van der Waals surface area contributed by atoms with E-state index in [4.69, 9.17) is 0 Å². The lowest BCUT2D eigenvalue weighted by atomic mass is 10.1. The van der Waals surface area contributed by atoms with Gasteiger partial charge in [-0.3, -0.25) is 0 Å². The number of nitrogens with zero attached hydrogens (tertiary/aromatic N) is 3. The van der Waals surface area contributed by atoms with E-state index in [0.717, 1.165) is 28.5 Å². The van der Waals surface area contributed by atoms with E-state index in [2.05, 4.69) is 62.3 Å². The highest BCUT2D eigenvalue weighted by atomic mass is 79.9. The van der Waals surface area contributed by atoms with Gasteiger partial charge in [-0.2, -0.15) is 0 Å². The van der Waals surface area contributed by atoms with Gasteiger partial charge in [-0.1, -0.05) is 83.7 Å². The Kier molecular flexibility index (Phi) is 5.51. The summed E-state index contributed by atoms with van der Waals surface area (Å²) in [7, 11) is 0. The van der Waals surface area contributed by atoms with E-state index in [0.29, 0.717) is 23.0 Å². The van der Waals surface area contributed by atoms with E-state index in [1.54, 1.807) is 0 Å². The molecule has 0 radical (unpaired) electrons. The molecule has 1 aromatic carbocycles. The van der Waals surface area contributed by atoms with Gasteiger partial charge in [0.1, 0.15) is 0 Å². The minimum Gasteiger partial charge on any atom is -0.208 e. The number of rotatable bonds is 5. The minimum absolute atomic E-state index is 0.564. The lowest BCUT2D eigenvalue weighted by molar-refractivity contribution is 0.986. The van der Waals surface area contributed by atoms with Gasteiger partial charge in [-0.05, 0) is 18.9 Å². The van der Waals surface area contributed by atoms with Crippen molar-refractivity contribution in [3.63, 3.8) is 0 Å². The summed E-state index contributed by atoms with van der Waals surface area (Å²) in [4.78, 5) is 13.9. The van der Waals surface area contributed by atoms with E-state index >= 15 is 0 Å². The number of hydrogen-bond acceptors (Lipinski definition) is 3. The van der Waals surface area contributed by atoms with E-state index in [9.17, 15) is 0 Å². The van der Waals surface area contributed by atoms with Crippen molar-refractivity contribution < 1.29 is 0 Å². The first-order chi connectivity index (χ1) is 12.1. The van der Waals surface area contributed by atoms with Crippen molar-refractivity contribution in [2.45, 2.75) is 12.8 Å². The minimum atomic E-state index is 0.564. The Morgan fingerprint density at radius 2 is 1.72 bits per heavy atom. The first-order valence-electron chi connectivity index (χ1n) is 8.04. The monoisotopic (exact) mass is 391 g/mol. The third-order valence-corrected chi connectivity index (χ3v) is 3.94. The topological polar surface area (TPSA) is 38.7 Å². The van der Waals surface area contributed by atoms with Crippen LogP contribution in [0.5, 0.6) is 0 Å². The standard InChI is InChI=1S/C21H18BrN3/c1-15(13-14-16(2)22)19-23-20(17-9-5-3-6-10-17)25-21(24-19)18-11-7-4-8-12-18/h3,5-7,9-14H,1-2,4,8H2/b14-13-. The molecule has 0 atom stereocenters. The molecule has 0 saturated heterocycles. The van der Waals surface area contributed by atoms with Crippen LogP contribution in [0.25, 0.3) is 22.5 Å². The highest BCUT2D eigenvalue weighted by Gasteiger charge is 2.12. The van der Waals surface area contributed by atoms with E-state index in [-0.39, 0.29) is 0 Å². The van der Waals surface area contributed by atoms with Crippen molar-refractivity contribution in [1.82, 2.24) is 15.0 Å². The molecule has 1 aromatic heterocycles. The van der Waals surface area contributed by atoms with Crippen LogP contribution in [0.3, 0.4) is 0 Å². The Balaban J connectivity index is 2.08. The number of hydrogen-bond donors (Lipinski definition) is 0. The summed E-state index contributed by atoms with van der Waals surface area (Å²) in [5.41, 5.74) is 2.69. The molecule has 0 bridgehead atoms. The second-order valence-electron chi connectivity index (χ2n) is 5.62. The Labute approximate surface area is 156 Å². The zero-order chi connectivity index (χ0) is 17.6. The molecule has 0 spiro atoms. The van der Waals surface area contributed by atoms with Crippen molar-refractivity contribution in [3.8, 4) is 11.4 Å². The first-order valence-corrected chi connectivity index (χ1v) is 8.83. The molecular weight excluding hydrogens is 374 g/mol. The van der Waals surface area contributed by atoms with Gasteiger partial charge >= 0.3 is 0 Å². The fourth-order valence-electron chi connectivity index (χ4n) is 2.41. The highest BCUT2D eigenvalue weighted by molar-refractivity contribution is 9.11. The van der Waals surface area contributed by atoms with Crippen LogP contribution in [-0.4, -0.2) is 15.0 Å². The fourth-order valence-corrected chi connectivity index (χ4v) is 2.54. The zero-order valence-electron chi connectivity index (χ0n) is 13.8. The largest absolute Gasteiger partial charge is 0.208 e. The third kappa shape index (κ3) is 4.48. The molecule has 3 rings (SSSR count). The van der Waals surface area contributed by atoms with Gasteiger partial charge < -0.3 is 0 Å². The summed E-state index contributed by atoms with van der Waals surface area (Å²) in [6, 6.07) is 9.91. The highest BCUT2D eigenvalue weighted by Crippen LogP contribution is 2.23. The summed E-state index contributed by atoms with van der Waals surface area (Å²) in [6.45, 7) is 7.87. The van der Waals surface area contributed by atoms with E-state index < -0.39 is 0 Å². The molecule has 0 saturated carbocycles. The predicted molar refractivity (Wildman–Crippen MR) is 108 cm³/mol. The van der Waals surface area contributed by atoms with Gasteiger partial charge in [0.05, 0.1) is 0 Å². The summed E-state index contributed by atoms with van der Waals surface area (Å²) in [5, 5.41) is 0. The van der Waals surface area contributed by atoms with Crippen LogP contribution in [0.2, 0.25) is 0 Å². The molecule has 1 aliphatic rings. The van der Waals surface area contributed by atoms with Crippen molar-refractivity contribution in [2.24, 2.45) is 0 Å². The molecule has 124 valence electrons. The van der Waals surface area contributed by atoms with Crippen LogP contribution in [0.4, 0.5) is 0 Å². The summed E-state index contributed by atoms with van der Waals surface area (Å²) in [5.74, 6) is 1.88. The average molecular weight is 392 g/mol. The summed E-state index contributed by atoms with van der Waals surface area (Å²) < 4.78 is 0.768. The third-order valence-electron chi connectivity index (χ3n) is 3.67. The molecule has 1 heterocycles. The second kappa shape index (κ2) is 7.99. The maximum absolute atomic E-state index is 4.67. The van der Waals surface area contributed by atoms with E-state index in [1.807, 2.05) is 42.5 Å². The maximum atomic E-state index is 4.67. The van der Waals surface area contributed by atoms with Gasteiger partial charge in [0.15, 0.2) is 17.5 Å². The quantitative estimate of drug-likeness (QED) is 0.608. The van der Waals surface area contributed by atoms with E-state index in [1.165, 1.54) is 0 Å². The molecule has 25 heavy (non-hydrogen) atoms. The molecule has 0 unspecified atom stereocenters. The molecule has 0 aliphatic heterocycles. The van der Waals surface area contributed by atoms with Gasteiger partial charge in [0.25, 0.3) is 0 Å². The van der Waals surface area contributed by atoms with Crippen LogP contribution in [0.15, 0.2) is 78.4 Å². The predicted octanol–water partition coefficient (Wildman–Crippen LogP) is 5.75. The molecule has 0 amide bonds. The molecule has 0 N–H and O–H groups in total. The molecule has 2 aromatic rings. The molecule has 1 aliphatic carbocycles. The Hall–Kier alpha value is -2.59. The summed E-state index contributed by atoms with van der Waals surface area (Å²) >= 11 is 3.31. The van der Waals surface area contributed by atoms with Crippen molar-refractivity contribution in [1.29, 1.82) is 0 Å². The van der Waals surface area contributed by atoms with Crippen LogP contribution in [-0.2, 0) is 0 Å². The fraction of sp³-hybridized carbons (Fsp3) is 0.0952. The smallest absolute Gasteiger partial charge is 0.164 e. The van der Waals surface area contributed by atoms with Crippen LogP contribution < -0.4 is 0 Å². The van der Waals surface area contributed by atoms with Crippen molar-refractivity contribution in [3.05, 3.63) is 90.0 Å². The van der Waals surface area contributed by atoms with Gasteiger partial charge in [0.2, 0.25) is 0 Å². The van der Waals surface area contributed by atoms with Crippen LogP contribution in [0, 0.1) is 0 Å². The van der Waals surface area contributed by atoms with Gasteiger partial charge in [-0.15, -0.1) is 0 Å². The number of benzene rings is 1. The van der Waals surface area contributed by atoms with Crippen LogP contribution in [0.1, 0.15) is 24.5 Å². The number of aromatic nitrogens is 3. The first kappa shape index (κ1) is 17.2. The summed E-state index contributed by atoms with van der Waals surface area (Å²) in [6.07, 6.45) is 12.1. The molecule has 4 heteroatoms. The second-order valence-corrected chi connectivity index (χ2v) is 6.64. The lowest BCUT2D eigenvalue weighted by Gasteiger charge is -2.10. The molecular formula is C21H18BrN3. The normalized spacial score (nSPS) is 13.7. The zero-order valence-corrected chi connectivity index (χ0v) is 15.4. The Bertz CT molecular complexity index is 893. The molecule has 3 nitrogen and oxygen atoms in total. The van der Waals surface area contributed by atoms with Gasteiger partial charge in [0, 0.05) is 21.2 Å². The average Bonchev–Trinajstić information content (AvgIpc) is 2.67. The van der Waals surface area contributed by atoms with Crippen LogP contribution >= 0.6 is 15.9 Å². The van der Waals surface area contributed by atoms with Gasteiger partial charge in [-0.25, -0.2) is 15.0 Å². The lowest BCUT2D eigenvalue weighted by Crippen LogP contribution is -2.04. The number of allylic oxidation sites excluding steroid dienone is 8. The maximum Gasteiger partial charge on any atom is 0.164 e. The van der Waals surface area contributed by atoms with Crippen molar-refractivity contribution in [2.75, 3.05) is 0 Å². The SMILES string of the molecule is C=C(Br)/C=C\C(=C)c1nc(C2=CCCC=C2)nc(-c2ccccc2)n1. The molecule has 0 fully saturated rings. The Morgan fingerprint density at radius 1 is 0.960 bits per heavy atom. The number of halogens is 1.